The van der Waals surface area contributed by atoms with Crippen molar-refractivity contribution in [3.05, 3.63) is 29.3 Å². The van der Waals surface area contributed by atoms with Crippen molar-refractivity contribution in [1.29, 1.82) is 0 Å². The minimum Gasteiger partial charge on any atom is -0.465 e. The Labute approximate surface area is 99.9 Å². The lowest BCUT2D eigenvalue weighted by molar-refractivity contribution is -0.117. The van der Waals surface area contributed by atoms with Gasteiger partial charge in [0.05, 0.1) is 24.4 Å². The lowest BCUT2D eigenvalue weighted by atomic mass is 10.1. The molecule has 0 saturated heterocycles. The van der Waals surface area contributed by atoms with E-state index >= 15 is 0 Å². The number of methoxy groups -OCH3 is 1. The molecule has 0 heterocycles. The van der Waals surface area contributed by atoms with Gasteiger partial charge in [0.25, 0.3) is 0 Å². The molecule has 1 rings (SSSR count). The smallest absolute Gasteiger partial charge is 0.339 e. The molecule has 5 heteroatoms. The van der Waals surface area contributed by atoms with Crippen LogP contribution in [0.5, 0.6) is 0 Å². The van der Waals surface area contributed by atoms with Gasteiger partial charge < -0.3 is 15.8 Å². The molecule has 0 aliphatic rings. The normalized spacial score (nSPS) is 11.8. The third-order valence-electron chi connectivity index (χ3n) is 2.25. The number of anilines is 1. The zero-order chi connectivity index (χ0) is 13.0. The molecule has 1 aromatic carbocycles. The molecule has 0 spiro atoms. The summed E-state index contributed by atoms with van der Waals surface area (Å²) >= 11 is 0. The van der Waals surface area contributed by atoms with Crippen LogP contribution in [0.15, 0.2) is 18.2 Å². The van der Waals surface area contributed by atoms with E-state index in [4.69, 9.17) is 5.73 Å². The van der Waals surface area contributed by atoms with E-state index in [-0.39, 0.29) is 5.91 Å². The summed E-state index contributed by atoms with van der Waals surface area (Å²) in [6.45, 7) is 3.42. The van der Waals surface area contributed by atoms with E-state index < -0.39 is 12.0 Å². The van der Waals surface area contributed by atoms with Crippen LogP contribution in [0, 0.1) is 6.92 Å². The third-order valence-corrected chi connectivity index (χ3v) is 2.25. The summed E-state index contributed by atoms with van der Waals surface area (Å²) in [5.74, 6) is -0.840. The number of aryl methyl sites for hydroxylation is 1. The molecule has 3 N–H and O–H groups in total. The zero-order valence-corrected chi connectivity index (χ0v) is 10.1. The number of hydrogen-bond donors (Lipinski definition) is 2. The minimum absolute atomic E-state index is 0.321. The van der Waals surface area contributed by atoms with Crippen LogP contribution in [-0.2, 0) is 9.53 Å². The lowest BCUT2D eigenvalue weighted by Gasteiger charge is -2.12. The number of amides is 1. The van der Waals surface area contributed by atoms with Crippen LogP contribution in [0.25, 0.3) is 0 Å². The van der Waals surface area contributed by atoms with Crippen molar-refractivity contribution in [2.24, 2.45) is 5.73 Å². The number of nitrogens with two attached hydrogens (primary N) is 1. The van der Waals surface area contributed by atoms with E-state index in [0.29, 0.717) is 11.3 Å². The molecule has 0 aliphatic carbocycles. The average molecular weight is 236 g/mol. The average Bonchev–Trinajstić information content (AvgIpc) is 2.30. The molecule has 0 aromatic heterocycles. The Balaban J connectivity index is 3.06. The van der Waals surface area contributed by atoms with Gasteiger partial charge in [-0.3, -0.25) is 4.79 Å². The van der Waals surface area contributed by atoms with E-state index in [2.05, 4.69) is 10.1 Å². The fourth-order valence-electron chi connectivity index (χ4n) is 1.29. The Bertz CT molecular complexity index is 441. The summed E-state index contributed by atoms with van der Waals surface area (Å²) < 4.78 is 4.65. The molecule has 1 atom stereocenters. The molecule has 0 radical (unpaired) electrons. The van der Waals surface area contributed by atoms with Crippen molar-refractivity contribution in [3.8, 4) is 0 Å². The van der Waals surface area contributed by atoms with E-state index in [1.54, 1.807) is 25.1 Å². The van der Waals surface area contributed by atoms with Crippen molar-refractivity contribution >= 4 is 17.6 Å². The molecule has 0 bridgehead atoms. The largest absolute Gasteiger partial charge is 0.465 e. The summed E-state index contributed by atoms with van der Waals surface area (Å²) in [6, 6.07) is 4.47. The number of esters is 1. The van der Waals surface area contributed by atoms with Crippen molar-refractivity contribution in [2.45, 2.75) is 19.9 Å². The SMILES string of the molecule is COC(=O)c1cc(C)ccc1NC(=O)[C@@H](C)N. The van der Waals surface area contributed by atoms with Gasteiger partial charge in [-0.25, -0.2) is 4.79 Å². The number of hydrogen-bond acceptors (Lipinski definition) is 4. The fraction of sp³-hybridized carbons (Fsp3) is 0.333. The van der Waals surface area contributed by atoms with Gasteiger partial charge in [-0.2, -0.15) is 0 Å². The quantitative estimate of drug-likeness (QED) is 0.769. The Hall–Kier alpha value is -1.88. The minimum atomic E-state index is -0.637. The second-order valence-electron chi connectivity index (χ2n) is 3.82. The first kappa shape index (κ1) is 13.2. The highest BCUT2D eigenvalue weighted by Crippen LogP contribution is 2.18. The van der Waals surface area contributed by atoms with Gasteiger partial charge in [0.1, 0.15) is 0 Å². The highest BCUT2D eigenvalue weighted by atomic mass is 16.5. The van der Waals surface area contributed by atoms with E-state index in [9.17, 15) is 9.59 Å². The Morgan fingerprint density at radius 1 is 1.41 bits per heavy atom. The van der Waals surface area contributed by atoms with Gasteiger partial charge >= 0.3 is 5.97 Å². The summed E-state index contributed by atoms with van der Waals surface area (Å²) in [7, 11) is 1.29. The van der Waals surface area contributed by atoms with E-state index in [1.807, 2.05) is 6.92 Å². The summed E-state index contributed by atoms with van der Waals surface area (Å²) in [5.41, 5.74) is 7.08. The molecule has 0 aliphatic heterocycles. The van der Waals surface area contributed by atoms with Gasteiger partial charge in [-0.05, 0) is 26.0 Å². The molecule has 92 valence electrons. The molecule has 1 amide bonds. The molecule has 17 heavy (non-hydrogen) atoms. The maximum Gasteiger partial charge on any atom is 0.339 e. The second kappa shape index (κ2) is 5.45. The molecule has 0 fully saturated rings. The summed E-state index contributed by atoms with van der Waals surface area (Å²) in [6.07, 6.45) is 0. The van der Waals surface area contributed by atoms with Crippen LogP contribution < -0.4 is 11.1 Å². The first-order chi connectivity index (χ1) is 7.95. The van der Waals surface area contributed by atoms with Crippen molar-refractivity contribution in [2.75, 3.05) is 12.4 Å². The number of carbonyl (C=O) groups is 2. The Kier molecular flexibility index (Phi) is 4.23. The molecular formula is C12H16N2O3. The standard InChI is InChI=1S/C12H16N2O3/c1-7-4-5-10(14-11(15)8(2)13)9(6-7)12(16)17-3/h4-6,8H,13H2,1-3H3,(H,14,15)/t8-/m1/s1. The predicted molar refractivity (Wildman–Crippen MR) is 64.8 cm³/mol. The van der Waals surface area contributed by atoms with Crippen LogP contribution in [0.3, 0.4) is 0 Å². The summed E-state index contributed by atoms with van der Waals surface area (Å²) in [4.78, 5) is 23.0. The highest BCUT2D eigenvalue weighted by Gasteiger charge is 2.15. The van der Waals surface area contributed by atoms with E-state index in [1.165, 1.54) is 7.11 Å². The van der Waals surface area contributed by atoms with Gasteiger partial charge in [0.15, 0.2) is 0 Å². The number of ether oxygens (including phenoxy) is 1. The molecule has 0 unspecified atom stereocenters. The second-order valence-corrected chi connectivity index (χ2v) is 3.82. The van der Waals surface area contributed by atoms with Gasteiger partial charge in [0.2, 0.25) is 5.91 Å². The number of rotatable bonds is 3. The van der Waals surface area contributed by atoms with E-state index in [0.717, 1.165) is 5.56 Å². The van der Waals surface area contributed by atoms with Gasteiger partial charge in [0, 0.05) is 0 Å². The first-order valence-corrected chi connectivity index (χ1v) is 5.21. The Morgan fingerprint density at radius 3 is 2.59 bits per heavy atom. The predicted octanol–water partition coefficient (Wildman–Crippen LogP) is 1.07. The van der Waals surface area contributed by atoms with Crippen LogP contribution >= 0.6 is 0 Å². The van der Waals surface area contributed by atoms with Gasteiger partial charge in [-0.1, -0.05) is 11.6 Å². The Morgan fingerprint density at radius 2 is 2.06 bits per heavy atom. The van der Waals surface area contributed by atoms with Crippen molar-refractivity contribution in [3.63, 3.8) is 0 Å². The maximum atomic E-state index is 11.5. The zero-order valence-electron chi connectivity index (χ0n) is 10.1. The van der Waals surface area contributed by atoms with Crippen LogP contribution in [0.4, 0.5) is 5.69 Å². The van der Waals surface area contributed by atoms with Crippen LogP contribution in [0.2, 0.25) is 0 Å². The summed E-state index contributed by atoms with van der Waals surface area (Å²) in [5, 5.41) is 2.59. The topological polar surface area (TPSA) is 81.4 Å². The van der Waals surface area contributed by atoms with Crippen LogP contribution in [0.1, 0.15) is 22.8 Å². The fourth-order valence-corrected chi connectivity index (χ4v) is 1.29. The monoisotopic (exact) mass is 236 g/mol. The molecular weight excluding hydrogens is 220 g/mol. The first-order valence-electron chi connectivity index (χ1n) is 5.21. The lowest BCUT2D eigenvalue weighted by Crippen LogP contribution is -2.33. The maximum absolute atomic E-state index is 11.5. The third kappa shape index (κ3) is 3.29. The number of nitrogens with one attached hydrogen (secondary N) is 1. The number of benzene rings is 1. The molecule has 0 saturated carbocycles. The van der Waals surface area contributed by atoms with Crippen molar-refractivity contribution < 1.29 is 14.3 Å². The molecule has 1 aromatic rings. The van der Waals surface area contributed by atoms with Crippen molar-refractivity contribution in [1.82, 2.24) is 0 Å². The number of carbonyl (C=O) groups excluding carboxylic acids is 2. The van der Waals surface area contributed by atoms with Crippen LogP contribution in [-0.4, -0.2) is 25.0 Å². The highest BCUT2D eigenvalue weighted by molar-refractivity contribution is 6.02. The molecule has 5 nitrogen and oxygen atoms in total. The van der Waals surface area contributed by atoms with Gasteiger partial charge in [-0.15, -0.1) is 0 Å².